The number of nitrogens with one attached hydrogen (secondary N) is 1. The quantitative estimate of drug-likeness (QED) is 0.377. The molecule has 1 aliphatic heterocycles. The number of thioether (sulfide) groups is 1. The van der Waals surface area contributed by atoms with E-state index >= 15 is 0 Å². The standard InChI is InChI=1S/C25H27N5O3S/c1-26-23-20-24(28-15-27-23)30(16-29-20)25-21(31)22(33-13-18-10-6-3-7-11-18)19(34-25)14-32-12-17-8-4-2-5-9-17/h2-11,15-16,19,21-22,25,31H,12-14H2,1H3,(H,26,27,28)/t19-,21-,22-,25-/m0/s1. The Morgan fingerprint density at radius 3 is 2.38 bits per heavy atom. The Balaban J connectivity index is 1.35. The molecule has 4 atom stereocenters. The van der Waals surface area contributed by atoms with Crippen molar-refractivity contribution in [1.82, 2.24) is 19.5 Å². The van der Waals surface area contributed by atoms with Gasteiger partial charge >= 0.3 is 0 Å². The maximum atomic E-state index is 11.4. The summed E-state index contributed by atoms with van der Waals surface area (Å²) in [4.78, 5) is 13.2. The monoisotopic (exact) mass is 477 g/mol. The number of aromatic nitrogens is 4. The van der Waals surface area contributed by atoms with Gasteiger partial charge in [0, 0.05) is 7.05 Å². The smallest absolute Gasteiger partial charge is 0.166 e. The van der Waals surface area contributed by atoms with Crippen molar-refractivity contribution >= 4 is 28.7 Å². The molecule has 5 rings (SSSR count). The molecule has 1 saturated heterocycles. The highest BCUT2D eigenvalue weighted by Crippen LogP contribution is 2.45. The Morgan fingerprint density at radius 2 is 1.68 bits per heavy atom. The fourth-order valence-corrected chi connectivity index (χ4v) is 5.67. The third kappa shape index (κ3) is 4.78. The zero-order chi connectivity index (χ0) is 23.3. The van der Waals surface area contributed by atoms with Gasteiger partial charge in [0.05, 0.1) is 31.4 Å². The number of ether oxygens (including phenoxy) is 2. The molecule has 0 bridgehead atoms. The number of rotatable bonds is 9. The normalized spacial score (nSPS) is 22.3. The molecule has 0 amide bonds. The first-order valence-electron chi connectivity index (χ1n) is 11.2. The van der Waals surface area contributed by atoms with Gasteiger partial charge in [-0.05, 0) is 11.1 Å². The Morgan fingerprint density at radius 1 is 0.971 bits per heavy atom. The molecule has 34 heavy (non-hydrogen) atoms. The fraction of sp³-hybridized carbons (Fsp3) is 0.320. The minimum absolute atomic E-state index is 0.0597. The van der Waals surface area contributed by atoms with Crippen molar-refractivity contribution in [3.63, 3.8) is 0 Å². The summed E-state index contributed by atoms with van der Waals surface area (Å²) in [6.45, 7) is 1.38. The van der Waals surface area contributed by atoms with Gasteiger partial charge in [0.15, 0.2) is 11.5 Å². The van der Waals surface area contributed by atoms with E-state index in [2.05, 4.69) is 20.3 Å². The van der Waals surface area contributed by atoms with E-state index in [1.807, 2.05) is 65.2 Å². The second-order valence-electron chi connectivity index (χ2n) is 8.11. The molecule has 0 unspecified atom stereocenters. The summed E-state index contributed by atoms with van der Waals surface area (Å²) in [6, 6.07) is 20.1. The number of fused-ring (bicyclic) bond motifs is 1. The van der Waals surface area contributed by atoms with Gasteiger partial charge in [-0.15, -0.1) is 11.8 Å². The predicted molar refractivity (Wildman–Crippen MR) is 132 cm³/mol. The number of anilines is 1. The first-order chi connectivity index (χ1) is 16.7. The lowest BCUT2D eigenvalue weighted by atomic mass is 10.1. The van der Waals surface area contributed by atoms with E-state index < -0.39 is 12.2 Å². The Labute approximate surface area is 202 Å². The van der Waals surface area contributed by atoms with Crippen molar-refractivity contribution in [2.45, 2.75) is 36.0 Å². The Bertz CT molecular complexity index is 1210. The minimum Gasteiger partial charge on any atom is -0.387 e. The molecule has 0 radical (unpaired) electrons. The zero-order valence-electron chi connectivity index (χ0n) is 18.8. The van der Waals surface area contributed by atoms with E-state index in [0.717, 1.165) is 11.1 Å². The third-order valence-corrected chi connectivity index (χ3v) is 7.40. The van der Waals surface area contributed by atoms with E-state index in [9.17, 15) is 5.11 Å². The average molecular weight is 478 g/mol. The summed E-state index contributed by atoms with van der Waals surface area (Å²) in [5.74, 6) is 0.654. The summed E-state index contributed by atoms with van der Waals surface area (Å²) in [5.41, 5.74) is 3.51. The molecule has 8 nitrogen and oxygen atoms in total. The van der Waals surface area contributed by atoms with Crippen LogP contribution in [-0.4, -0.2) is 55.7 Å². The second-order valence-corrected chi connectivity index (χ2v) is 9.47. The summed E-state index contributed by atoms with van der Waals surface area (Å²) < 4.78 is 14.2. The first-order valence-corrected chi connectivity index (χ1v) is 12.1. The number of imidazole rings is 1. The van der Waals surface area contributed by atoms with Crippen molar-refractivity contribution in [2.24, 2.45) is 0 Å². The van der Waals surface area contributed by atoms with Crippen LogP contribution < -0.4 is 5.32 Å². The van der Waals surface area contributed by atoms with Crippen molar-refractivity contribution < 1.29 is 14.6 Å². The number of nitrogens with zero attached hydrogens (tertiary/aromatic N) is 4. The van der Waals surface area contributed by atoms with Crippen LogP contribution in [0.15, 0.2) is 73.3 Å². The summed E-state index contributed by atoms with van der Waals surface area (Å²) >= 11 is 1.63. The number of aliphatic hydroxyl groups excluding tert-OH is 1. The van der Waals surface area contributed by atoms with Gasteiger partial charge in [0.1, 0.15) is 29.4 Å². The maximum Gasteiger partial charge on any atom is 0.166 e. The zero-order valence-corrected chi connectivity index (χ0v) is 19.6. The van der Waals surface area contributed by atoms with Gasteiger partial charge in [-0.1, -0.05) is 60.7 Å². The maximum absolute atomic E-state index is 11.4. The van der Waals surface area contributed by atoms with E-state index in [4.69, 9.17) is 9.47 Å². The number of hydrogen-bond acceptors (Lipinski definition) is 8. The molecular formula is C25H27N5O3S. The molecule has 0 spiro atoms. The highest BCUT2D eigenvalue weighted by molar-refractivity contribution is 8.00. The largest absolute Gasteiger partial charge is 0.387 e. The van der Waals surface area contributed by atoms with Gasteiger partial charge in [-0.2, -0.15) is 0 Å². The molecule has 2 aromatic carbocycles. The van der Waals surface area contributed by atoms with Crippen LogP contribution in [-0.2, 0) is 22.7 Å². The average Bonchev–Trinajstić information content (AvgIpc) is 3.44. The lowest BCUT2D eigenvalue weighted by Crippen LogP contribution is -2.36. The van der Waals surface area contributed by atoms with Crippen LogP contribution in [0.2, 0.25) is 0 Å². The molecule has 2 N–H and O–H groups in total. The van der Waals surface area contributed by atoms with Gasteiger partial charge in [0.2, 0.25) is 0 Å². The highest BCUT2D eigenvalue weighted by Gasteiger charge is 2.45. The third-order valence-electron chi connectivity index (χ3n) is 5.86. The van der Waals surface area contributed by atoms with Crippen LogP contribution >= 0.6 is 11.8 Å². The van der Waals surface area contributed by atoms with E-state index in [0.29, 0.717) is 36.8 Å². The van der Waals surface area contributed by atoms with Gasteiger partial charge in [-0.25, -0.2) is 15.0 Å². The molecule has 0 saturated carbocycles. The molecule has 2 aromatic heterocycles. The molecule has 4 aromatic rings. The van der Waals surface area contributed by atoms with Gasteiger partial charge < -0.3 is 19.9 Å². The lowest BCUT2D eigenvalue weighted by Gasteiger charge is -2.22. The number of hydrogen-bond donors (Lipinski definition) is 2. The number of benzene rings is 2. The Hall–Kier alpha value is -2.98. The lowest BCUT2D eigenvalue weighted by molar-refractivity contribution is -0.0547. The molecule has 176 valence electrons. The minimum atomic E-state index is -0.760. The van der Waals surface area contributed by atoms with E-state index in [-0.39, 0.29) is 10.6 Å². The molecule has 0 aliphatic carbocycles. The van der Waals surface area contributed by atoms with Crippen molar-refractivity contribution in [3.05, 3.63) is 84.4 Å². The highest BCUT2D eigenvalue weighted by atomic mass is 32.2. The SMILES string of the molecule is CNc1ncnc2c1ncn2[C@H]1S[C@@H](COCc2ccccc2)[C@H](OCc2ccccc2)[C@@H]1O. The van der Waals surface area contributed by atoms with Crippen LogP contribution in [0.1, 0.15) is 16.5 Å². The van der Waals surface area contributed by atoms with Crippen LogP contribution in [0.4, 0.5) is 5.82 Å². The predicted octanol–water partition coefficient (Wildman–Crippen LogP) is 3.65. The van der Waals surface area contributed by atoms with Crippen molar-refractivity contribution in [3.8, 4) is 0 Å². The van der Waals surface area contributed by atoms with E-state index in [1.54, 1.807) is 25.1 Å². The topological polar surface area (TPSA) is 94.3 Å². The van der Waals surface area contributed by atoms with Crippen LogP contribution in [0.3, 0.4) is 0 Å². The Kier molecular flexibility index (Phi) is 7.05. The molecule has 9 heteroatoms. The number of aliphatic hydroxyl groups is 1. The van der Waals surface area contributed by atoms with Crippen LogP contribution in [0.25, 0.3) is 11.2 Å². The van der Waals surface area contributed by atoms with E-state index in [1.165, 1.54) is 6.33 Å². The van der Waals surface area contributed by atoms with Gasteiger partial charge in [-0.3, -0.25) is 4.57 Å². The molecule has 1 fully saturated rings. The fourth-order valence-electron chi connectivity index (χ4n) is 4.14. The summed E-state index contributed by atoms with van der Waals surface area (Å²) in [6.07, 6.45) is 2.04. The summed E-state index contributed by atoms with van der Waals surface area (Å²) in [7, 11) is 1.80. The first kappa shape index (κ1) is 22.8. The second kappa shape index (κ2) is 10.5. The van der Waals surface area contributed by atoms with Crippen molar-refractivity contribution in [1.29, 1.82) is 0 Å². The van der Waals surface area contributed by atoms with Crippen LogP contribution in [0.5, 0.6) is 0 Å². The van der Waals surface area contributed by atoms with Crippen molar-refractivity contribution in [2.75, 3.05) is 19.0 Å². The molecular weight excluding hydrogens is 450 g/mol. The van der Waals surface area contributed by atoms with Crippen LogP contribution in [0, 0.1) is 0 Å². The van der Waals surface area contributed by atoms with Gasteiger partial charge in [0.25, 0.3) is 0 Å². The molecule has 1 aliphatic rings. The molecule has 3 heterocycles. The summed E-state index contributed by atoms with van der Waals surface area (Å²) in [5, 5.41) is 14.0.